The first-order chi connectivity index (χ1) is 17.4. The van der Waals surface area contributed by atoms with Crippen molar-refractivity contribution in [2.45, 2.75) is 26.2 Å². The van der Waals surface area contributed by atoms with Crippen molar-refractivity contribution in [3.8, 4) is 0 Å². The van der Waals surface area contributed by atoms with Crippen LogP contribution in [0.5, 0.6) is 0 Å². The number of hydrogen-bond donors (Lipinski definition) is 2. The van der Waals surface area contributed by atoms with Gasteiger partial charge in [0.1, 0.15) is 5.52 Å². The van der Waals surface area contributed by atoms with E-state index in [9.17, 15) is 4.79 Å². The fraction of sp³-hybridized carbons (Fsp3) is 0.172. The van der Waals surface area contributed by atoms with E-state index in [1.165, 1.54) is 18.1 Å². The van der Waals surface area contributed by atoms with E-state index < -0.39 is 5.97 Å². The van der Waals surface area contributed by atoms with Crippen LogP contribution >= 0.6 is 11.6 Å². The van der Waals surface area contributed by atoms with Gasteiger partial charge in [-0.15, -0.1) is 5.10 Å². The Balaban J connectivity index is 1.78. The van der Waals surface area contributed by atoms with E-state index in [1.54, 1.807) is 6.20 Å². The van der Waals surface area contributed by atoms with Crippen LogP contribution in [0.3, 0.4) is 0 Å². The number of carboxylic acids is 1. The number of nitrogens with one attached hydrogen (secondary N) is 1. The molecular formula is C29H23ClN4O2. The lowest BCUT2D eigenvalue weighted by molar-refractivity contribution is -0.131. The summed E-state index contributed by atoms with van der Waals surface area (Å²) in [6.07, 6.45) is 7.70. The van der Waals surface area contributed by atoms with E-state index >= 15 is 0 Å². The number of allylic oxidation sites excluding steroid dienone is 1. The van der Waals surface area contributed by atoms with Crippen molar-refractivity contribution >= 4 is 51.5 Å². The Labute approximate surface area is 213 Å². The first-order valence-electron chi connectivity index (χ1n) is 11.7. The molecule has 1 aliphatic rings. The van der Waals surface area contributed by atoms with Gasteiger partial charge in [-0.05, 0) is 83.9 Å². The van der Waals surface area contributed by atoms with Crippen LogP contribution in [0.2, 0.25) is 5.02 Å². The number of H-pyrrole nitrogens is 1. The summed E-state index contributed by atoms with van der Waals surface area (Å²) in [5.41, 5.74) is 7.72. The lowest BCUT2D eigenvalue weighted by Gasteiger charge is -2.32. The highest BCUT2D eigenvalue weighted by atomic mass is 35.5. The molecule has 6 nitrogen and oxygen atoms in total. The number of pyridine rings is 1. The number of aromatic amines is 1. The molecule has 0 spiro atoms. The highest BCUT2D eigenvalue weighted by Crippen LogP contribution is 2.46. The number of carboxylic acid groups (broad SMARTS) is 1. The van der Waals surface area contributed by atoms with Crippen molar-refractivity contribution in [3.63, 3.8) is 0 Å². The Morgan fingerprint density at radius 2 is 1.97 bits per heavy atom. The molecule has 5 rings (SSSR count). The lowest BCUT2D eigenvalue weighted by Crippen LogP contribution is -2.16. The van der Waals surface area contributed by atoms with Gasteiger partial charge in [-0.2, -0.15) is 0 Å². The molecular weight excluding hydrogens is 472 g/mol. The second kappa shape index (κ2) is 9.80. The number of carbonyl (C=O) groups is 1. The van der Waals surface area contributed by atoms with Crippen molar-refractivity contribution in [1.29, 1.82) is 0 Å². The van der Waals surface area contributed by atoms with Gasteiger partial charge in [0.05, 0.1) is 5.69 Å². The highest BCUT2D eigenvalue weighted by molar-refractivity contribution is 6.30. The number of benzene rings is 2. The summed E-state index contributed by atoms with van der Waals surface area (Å²) in [6.45, 7) is 9.60. The first kappa shape index (κ1) is 23.5. The van der Waals surface area contributed by atoms with Gasteiger partial charge >= 0.3 is 5.97 Å². The normalized spacial score (nSPS) is 14.5. The molecule has 0 radical (unpaired) electrons. The zero-order chi connectivity index (χ0) is 25.2. The molecule has 1 fully saturated rings. The Kier molecular flexibility index (Phi) is 6.41. The zero-order valence-corrected chi connectivity index (χ0v) is 20.4. The third kappa shape index (κ3) is 4.53. The summed E-state index contributed by atoms with van der Waals surface area (Å²) in [7, 11) is 0. The van der Waals surface area contributed by atoms with Gasteiger partial charge in [-0.25, -0.2) is 9.89 Å². The van der Waals surface area contributed by atoms with Crippen LogP contribution in [-0.2, 0) is 4.79 Å². The number of hydrogen-bond acceptors (Lipinski definition) is 3. The fourth-order valence-corrected chi connectivity index (χ4v) is 4.94. The van der Waals surface area contributed by atoms with E-state index in [2.05, 4.69) is 33.0 Å². The number of nitrogens with zero attached hydrogens (tertiary/aromatic N) is 3. The van der Waals surface area contributed by atoms with E-state index in [1.807, 2.05) is 42.5 Å². The van der Waals surface area contributed by atoms with Gasteiger partial charge in [-0.1, -0.05) is 48.9 Å². The average Bonchev–Trinajstić information content (AvgIpc) is 3.24. The molecule has 2 N–H and O–H groups in total. The summed E-state index contributed by atoms with van der Waals surface area (Å²) >= 11 is 6.31. The maximum atomic E-state index is 10.9. The topological polar surface area (TPSA) is 83.2 Å². The van der Waals surface area contributed by atoms with Crippen LogP contribution in [0.4, 0.5) is 5.82 Å². The number of halogens is 1. The fourth-order valence-electron chi connectivity index (χ4n) is 4.71. The largest absolute Gasteiger partial charge is 0.478 e. The maximum Gasteiger partial charge on any atom is 0.328 e. The van der Waals surface area contributed by atoms with Crippen LogP contribution < -0.4 is 0 Å². The standard InChI is InChI=1S/C29H23ClN4O2/c1-17-14-21(30)8-11-23(17)28(18-4-3-5-18)27(20-6-9-22(32-16-20)10-13-26(35)36)19-7-12-25-24(15-19)29(31-2)34-33-25/h6-16,18H,3-5H2,1H3,(H,33,34)(H,35,36)/b13-10+,28-27-. The smallest absolute Gasteiger partial charge is 0.328 e. The molecule has 2 aromatic carbocycles. The second-order valence-electron chi connectivity index (χ2n) is 8.94. The Hall–Kier alpha value is -4.21. The molecule has 36 heavy (non-hydrogen) atoms. The van der Waals surface area contributed by atoms with Gasteiger partial charge < -0.3 is 9.95 Å². The molecule has 1 saturated carbocycles. The van der Waals surface area contributed by atoms with Crippen molar-refractivity contribution in [1.82, 2.24) is 15.2 Å². The number of fused-ring (bicyclic) bond motifs is 1. The van der Waals surface area contributed by atoms with E-state index in [4.69, 9.17) is 23.3 Å². The van der Waals surface area contributed by atoms with E-state index in [-0.39, 0.29) is 0 Å². The molecule has 0 saturated heterocycles. The Morgan fingerprint density at radius 1 is 1.17 bits per heavy atom. The molecule has 1 aliphatic carbocycles. The van der Waals surface area contributed by atoms with E-state index in [0.29, 0.717) is 22.5 Å². The molecule has 0 unspecified atom stereocenters. The first-order valence-corrected chi connectivity index (χ1v) is 12.1. The van der Waals surface area contributed by atoms with Crippen molar-refractivity contribution in [3.05, 3.63) is 105 Å². The predicted octanol–water partition coefficient (Wildman–Crippen LogP) is 7.33. The van der Waals surface area contributed by atoms with Gasteiger partial charge in [-0.3, -0.25) is 4.98 Å². The molecule has 0 atom stereocenters. The van der Waals surface area contributed by atoms with Gasteiger partial charge in [0, 0.05) is 28.2 Å². The van der Waals surface area contributed by atoms with Crippen LogP contribution in [0, 0.1) is 19.4 Å². The number of aromatic nitrogens is 3. The van der Waals surface area contributed by atoms with Crippen molar-refractivity contribution in [2.24, 2.45) is 5.92 Å². The van der Waals surface area contributed by atoms with Gasteiger partial charge in [0.15, 0.2) is 0 Å². The minimum atomic E-state index is -1.02. The van der Waals surface area contributed by atoms with Crippen LogP contribution in [0.1, 0.15) is 47.2 Å². The minimum Gasteiger partial charge on any atom is -0.478 e. The summed E-state index contributed by atoms with van der Waals surface area (Å²) in [4.78, 5) is 19.1. The molecule has 7 heteroatoms. The number of aryl methyl sites for hydroxylation is 1. The zero-order valence-electron chi connectivity index (χ0n) is 19.6. The van der Waals surface area contributed by atoms with Gasteiger partial charge in [0.2, 0.25) is 0 Å². The minimum absolute atomic E-state index is 0.381. The molecule has 178 valence electrons. The molecule has 2 aromatic heterocycles. The van der Waals surface area contributed by atoms with Crippen LogP contribution in [0.15, 0.2) is 60.8 Å². The van der Waals surface area contributed by atoms with E-state index in [0.717, 1.165) is 57.6 Å². The van der Waals surface area contributed by atoms with Crippen LogP contribution in [-0.4, -0.2) is 26.3 Å². The second-order valence-corrected chi connectivity index (χ2v) is 9.37. The molecule has 0 amide bonds. The highest BCUT2D eigenvalue weighted by Gasteiger charge is 2.28. The average molecular weight is 495 g/mol. The molecule has 2 heterocycles. The number of rotatable bonds is 6. The number of aliphatic carboxylic acids is 1. The quantitative estimate of drug-likeness (QED) is 0.167. The van der Waals surface area contributed by atoms with Crippen molar-refractivity contribution < 1.29 is 9.90 Å². The predicted molar refractivity (Wildman–Crippen MR) is 143 cm³/mol. The summed E-state index contributed by atoms with van der Waals surface area (Å²) in [5.74, 6) is -0.228. The van der Waals surface area contributed by atoms with Crippen molar-refractivity contribution in [2.75, 3.05) is 0 Å². The lowest BCUT2D eigenvalue weighted by atomic mass is 9.72. The maximum absolute atomic E-state index is 10.9. The summed E-state index contributed by atoms with van der Waals surface area (Å²) in [6, 6.07) is 15.8. The molecule has 0 aliphatic heterocycles. The molecule has 0 bridgehead atoms. The van der Waals surface area contributed by atoms with Crippen LogP contribution in [0.25, 0.3) is 33.0 Å². The molecule has 4 aromatic rings. The summed E-state index contributed by atoms with van der Waals surface area (Å²) in [5, 5.41) is 17.5. The third-order valence-corrected chi connectivity index (χ3v) is 6.90. The monoisotopic (exact) mass is 494 g/mol. The Bertz CT molecular complexity index is 1570. The SMILES string of the molecule is [C-]#[N+]c1[nH]nc2ccc(/C(=C(/c3ccc(Cl)cc3C)C3CCC3)c3ccc(/C=C/C(=O)O)nc3)cc12. The summed E-state index contributed by atoms with van der Waals surface area (Å²) < 4.78 is 0. The Morgan fingerprint density at radius 3 is 2.61 bits per heavy atom. The third-order valence-electron chi connectivity index (χ3n) is 6.67. The van der Waals surface area contributed by atoms with Gasteiger partial charge in [0.25, 0.3) is 5.82 Å².